The van der Waals surface area contributed by atoms with Gasteiger partial charge in [0.1, 0.15) is 12.4 Å². The van der Waals surface area contributed by atoms with Crippen molar-refractivity contribution in [3.05, 3.63) is 35.6 Å². The molecule has 0 aromatic heterocycles. The molecule has 0 saturated carbocycles. The molecule has 1 amide bonds. The topological polar surface area (TPSA) is 38.3 Å². The number of carbonyl (C=O) groups is 1. The van der Waals surface area contributed by atoms with Crippen molar-refractivity contribution in [1.82, 2.24) is 5.32 Å². The van der Waals surface area contributed by atoms with Crippen molar-refractivity contribution in [2.45, 2.75) is 6.04 Å². The lowest BCUT2D eigenvalue weighted by molar-refractivity contribution is -0.131. The van der Waals surface area contributed by atoms with Gasteiger partial charge in [-0.3, -0.25) is 4.79 Å². The molecule has 3 nitrogen and oxygen atoms in total. The Bertz CT molecular complexity index is 354. The Morgan fingerprint density at radius 2 is 2.36 bits per heavy atom. The van der Waals surface area contributed by atoms with Crippen molar-refractivity contribution in [3.63, 3.8) is 0 Å². The molecule has 14 heavy (non-hydrogen) atoms. The van der Waals surface area contributed by atoms with Crippen LogP contribution in [-0.4, -0.2) is 19.1 Å². The molecule has 0 bridgehead atoms. The second-order valence-electron chi connectivity index (χ2n) is 3.19. The standard InChI is InChI=1S/C10H10FNO2/c11-8-3-1-2-7(4-8)9-5-14-6-10(13)12-9/h1-4,9H,5-6H2,(H,12,13)/t9-/m1/s1. The van der Waals surface area contributed by atoms with Gasteiger partial charge >= 0.3 is 0 Å². The summed E-state index contributed by atoms with van der Waals surface area (Å²) in [5, 5.41) is 2.73. The van der Waals surface area contributed by atoms with Crippen molar-refractivity contribution < 1.29 is 13.9 Å². The molecular weight excluding hydrogens is 185 g/mol. The highest BCUT2D eigenvalue weighted by Crippen LogP contribution is 2.16. The van der Waals surface area contributed by atoms with Crippen LogP contribution in [0.1, 0.15) is 11.6 Å². The molecule has 74 valence electrons. The van der Waals surface area contributed by atoms with Gasteiger partial charge in [-0.05, 0) is 17.7 Å². The molecule has 2 rings (SSSR count). The number of benzene rings is 1. The molecule has 1 fully saturated rings. The molecule has 1 aliphatic heterocycles. The zero-order valence-corrected chi connectivity index (χ0v) is 7.50. The van der Waals surface area contributed by atoms with Gasteiger partial charge in [-0.2, -0.15) is 0 Å². The van der Waals surface area contributed by atoms with Gasteiger partial charge in [0.15, 0.2) is 0 Å². The van der Waals surface area contributed by atoms with E-state index in [9.17, 15) is 9.18 Å². The fourth-order valence-electron chi connectivity index (χ4n) is 1.45. The van der Waals surface area contributed by atoms with E-state index in [1.165, 1.54) is 12.1 Å². The van der Waals surface area contributed by atoms with Gasteiger partial charge in [0, 0.05) is 0 Å². The van der Waals surface area contributed by atoms with Gasteiger partial charge in [-0.1, -0.05) is 12.1 Å². The maximum absolute atomic E-state index is 12.9. The lowest BCUT2D eigenvalue weighted by atomic mass is 10.1. The molecule has 1 aromatic rings. The van der Waals surface area contributed by atoms with Crippen molar-refractivity contribution in [3.8, 4) is 0 Å². The van der Waals surface area contributed by atoms with Gasteiger partial charge in [0.05, 0.1) is 12.6 Å². The quantitative estimate of drug-likeness (QED) is 0.726. The summed E-state index contributed by atoms with van der Waals surface area (Å²) in [7, 11) is 0. The van der Waals surface area contributed by atoms with E-state index in [4.69, 9.17) is 4.74 Å². The summed E-state index contributed by atoms with van der Waals surface area (Å²) < 4.78 is 17.9. The molecule has 0 aliphatic carbocycles. The van der Waals surface area contributed by atoms with E-state index in [1.807, 2.05) is 0 Å². The van der Waals surface area contributed by atoms with Gasteiger partial charge in [-0.15, -0.1) is 0 Å². The maximum Gasteiger partial charge on any atom is 0.246 e. The zero-order valence-electron chi connectivity index (χ0n) is 7.50. The van der Waals surface area contributed by atoms with Gasteiger partial charge < -0.3 is 10.1 Å². The SMILES string of the molecule is O=C1COC[C@H](c2cccc(F)c2)N1. The van der Waals surface area contributed by atoms with Crippen LogP contribution < -0.4 is 5.32 Å². The molecular formula is C10H10FNO2. The second kappa shape index (κ2) is 3.75. The largest absolute Gasteiger partial charge is 0.369 e. The van der Waals surface area contributed by atoms with Crippen molar-refractivity contribution in [1.29, 1.82) is 0 Å². The van der Waals surface area contributed by atoms with Gasteiger partial charge in [0.2, 0.25) is 5.91 Å². The first-order chi connectivity index (χ1) is 6.75. The highest BCUT2D eigenvalue weighted by atomic mass is 19.1. The predicted octanol–water partition coefficient (Wildman–Crippen LogP) is 1.01. The minimum Gasteiger partial charge on any atom is -0.369 e. The number of rotatable bonds is 1. The minimum absolute atomic E-state index is 0.0891. The Morgan fingerprint density at radius 3 is 3.07 bits per heavy atom. The Morgan fingerprint density at radius 1 is 1.50 bits per heavy atom. The van der Waals surface area contributed by atoms with E-state index < -0.39 is 0 Å². The maximum atomic E-state index is 12.9. The van der Waals surface area contributed by atoms with E-state index >= 15 is 0 Å². The number of nitrogens with one attached hydrogen (secondary N) is 1. The molecule has 1 aliphatic rings. The summed E-state index contributed by atoms with van der Waals surface area (Å²) >= 11 is 0. The van der Waals surface area contributed by atoms with Crippen LogP contribution in [-0.2, 0) is 9.53 Å². The molecule has 0 spiro atoms. The van der Waals surface area contributed by atoms with Crippen LogP contribution in [0.25, 0.3) is 0 Å². The normalized spacial score (nSPS) is 21.8. The summed E-state index contributed by atoms with van der Waals surface area (Å²) in [6.45, 7) is 0.487. The van der Waals surface area contributed by atoms with Gasteiger partial charge in [-0.25, -0.2) is 4.39 Å². The Balaban J connectivity index is 2.17. The third kappa shape index (κ3) is 1.90. The summed E-state index contributed by atoms with van der Waals surface area (Å²) in [6.07, 6.45) is 0. The lowest BCUT2D eigenvalue weighted by Gasteiger charge is -2.23. The summed E-state index contributed by atoms with van der Waals surface area (Å²) in [6, 6.07) is 5.93. The summed E-state index contributed by atoms with van der Waals surface area (Å²) in [4.78, 5) is 11.0. The molecule has 1 heterocycles. The van der Waals surface area contributed by atoms with E-state index in [0.29, 0.717) is 6.61 Å². The van der Waals surface area contributed by atoms with Gasteiger partial charge in [0.25, 0.3) is 0 Å². The Labute approximate surface area is 80.9 Å². The van der Waals surface area contributed by atoms with E-state index in [-0.39, 0.29) is 24.4 Å². The molecule has 0 unspecified atom stereocenters. The molecule has 1 aromatic carbocycles. The monoisotopic (exact) mass is 195 g/mol. The third-order valence-electron chi connectivity index (χ3n) is 2.10. The number of halogens is 1. The highest BCUT2D eigenvalue weighted by molar-refractivity contribution is 5.78. The van der Waals surface area contributed by atoms with E-state index in [0.717, 1.165) is 5.56 Å². The zero-order chi connectivity index (χ0) is 9.97. The molecule has 0 radical (unpaired) electrons. The van der Waals surface area contributed by atoms with Crippen molar-refractivity contribution >= 4 is 5.91 Å². The van der Waals surface area contributed by atoms with Crippen LogP contribution in [0.3, 0.4) is 0 Å². The lowest BCUT2D eigenvalue weighted by Crippen LogP contribution is -2.39. The summed E-state index contributed by atoms with van der Waals surface area (Å²) in [5.74, 6) is -0.465. The van der Waals surface area contributed by atoms with Crippen LogP contribution in [0.2, 0.25) is 0 Å². The average molecular weight is 195 g/mol. The first-order valence-corrected chi connectivity index (χ1v) is 4.38. The first kappa shape index (κ1) is 9.15. The number of hydrogen-bond acceptors (Lipinski definition) is 2. The predicted molar refractivity (Wildman–Crippen MR) is 48.1 cm³/mol. The van der Waals surface area contributed by atoms with Crippen LogP contribution in [0.15, 0.2) is 24.3 Å². The fourth-order valence-corrected chi connectivity index (χ4v) is 1.45. The highest BCUT2D eigenvalue weighted by Gasteiger charge is 2.20. The fraction of sp³-hybridized carbons (Fsp3) is 0.300. The van der Waals surface area contributed by atoms with Crippen LogP contribution in [0.5, 0.6) is 0 Å². The Hall–Kier alpha value is -1.42. The smallest absolute Gasteiger partial charge is 0.246 e. The molecule has 1 saturated heterocycles. The first-order valence-electron chi connectivity index (χ1n) is 4.38. The molecule has 1 N–H and O–H groups in total. The van der Waals surface area contributed by atoms with Crippen LogP contribution in [0, 0.1) is 5.82 Å². The summed E-state index contributed by atoms with van der Waals surface area (Å²) in [5.41, 5.74) is 0.734. The molecule has 1 atom stereocenters. The second-order valence-corrected chi connectivity index (χ2v) is 3.19. The average Bonchev–Trinajstić information content (AvgIpc) is 2.18. The van der Waals surface area contributed by atoms with E-state index in [2.05, 4.69) is 5.32 Å². The number of carbonyl (C=O) groups excluding carboxylic acids is 1. The minimum atomic E-state index is -0.303. The van der Waals surface area contributed by atoms with Crippen molar-refractivity contribution in [2.75, 3.05) is 13.2 Å². The van der Waals surface area contributed by atoms with Crippen molar-refractivity contribution in [2.24, 2.45) is 0 Å². The number of amides is 1. The van der Waals surface area contributed by atoms with E-state index in [1.54, 1.807) is 12.1 Å². The Kier molecular flexibility index (Phi) is 2.45. The third-order valence-corrected chi connectivity index (χ3v) is 2.10. The molecule has 4 heteroatoms. The number of morpholine rings is 1. The van der Waals surface area contributed by atoms with Crippen LogP contribution in [0.4, 0.5) is 4.39 Å². The number of hydrogen-bond donors (Lipinski definition) is 1. The van der Waals surface area contributed by atoms with Crippen LogP contribution >= 0.6 is 0 Å². The number of ether oxygens (including phenoxy) is 1.